The molecule has 2 aromatic carbocycles. The Bertz CT molecular complexity index is 771. The summed E-state index contributed by atoms with van der Waals surface area (Å²) in [6.45, 7) is 1.74. The normalized spacial score (nSPS) is 13.7. The Hall–Kier alpha value is -2.69. The maximum atomic E-state index is 13.3. The van der Waals surface area contributed by atoms with Gasteiger partial charge in [-0.3, -0.25) is 14.5 Å². The molecule has 2 amide bonds. The molecule has 0 spiro atoms. The highest BCUT2D eigenvalue weighted by Crippen LogP contribution is 2.28. The van der Waals surface area contributed by atoms with E-state index in [1.54, 1.807) is 37.3 Å². The molecule has 0 aliphatic carbocycles. The van der Waals surface area contributed by atoms with E-state index in [-0.39, 0.29) is 23.8 Å². The third-order valence-corrected chi connectivity index (χ3v) is 3.59. The van der Waals surface area contributed by atoms with Crippen molar-refractivity contribution in [1.82, 2.24) is 4.90 Å². The van der Waals surface area contributed by atoms with Crippen molar-refractivity contribution in [3.8, 4) is 0 Å². The summed E-state index contributed by atoms with van der Waals surface area (Å²) in [6, 6.07) is 9.34. The van der Waals surface area contributed by atoms with Gasteiger partial charge in [0.25, 0.3) is 11.8 Å². The Balaban J connectivity index is 1.95. The molecule has 0 saturated heterocycles. The molecule has 106 valence electrons. The van der Waals surface area contributed by atoms with Gasteiger partial charge in [-0.1, -0.05) is 18.2 Å². The minimum atomic E-state index is -0.407. The zero-order valence-electron chi connectivity index (χ0n) is 11.4. The number of imide groups is 1. The number of amides is 2. The maximum absolute atomic E-state index is 13.3. The topological polar surface area (TPSA) is 63.4 Å². The van der Waals surface area contributed by atoms with E-state index in [9.17, 15) is 14.0 Å². The van der Waals surface area contributed by atoms with Crippen LogP contribution in [0.4, 0.5) is 10.1 Å². The van der Waals surface area contributed by atoms with Gasteiger partial charge in [0.05, 0.1) is 17.7 Å². The van der Waals surface area contributed by atoms with Crippen molar-refractivity contribution in [3.05, 3.63) is 64.5 Å². The van der Waals surface area contributed by atoms with Gasteiger partial charge >= 0.3 is 0 Å². The lowest BCUT2D eigenvalue weighted by atomic mass is 10.1. The number of aryl methyl sites for hydroxylation is 1. The SMILES string of the molecule is Cc1cc(CN2C(=O)c3cccc(N)c3C2=O)ccc1F. The first kappa shape index (κ1) is 13.3. The number of benzene rings is 2. The van der Waals surface area contributed by atoms with Crippen LogP contribution in [0.3, 0.4) is 0 Å². The molecule has 0 aromatic heterocycles. The van der Waals surface area contributed by atoms with Crippen LogP contribution in [0.1, 0.15) is 31.8 Å². The molecule has 2 aromatic rings. The first-order valence-electron chi connectivity index (χ1n) is 6.48. The van der Waals surface area contributed by atoms with Gasteiger partial charge in [0.2, 0.25) is 0 Å². The van der Waals surface area contributed by atoms with Crippen molar-refractivity contribution in [2.75, 3.05) is 5.73 Å². The number of nitrogen functional groups attached to an aromatic ring is 1. The number of fused-ring (bicyclic) bond motifs is 1. The van der Waals surface area contributed by atoms with Crippen molar-refractivity contribution in [1.29, 1.82) is 0 Å². The molecule has 5 heteroatoms. The first-order valence-corrected chi connectivity index (χ1v) is 6.48. The van der Waals surface area contributed by atoms with Gasteiger partial charge in [0, 0.05) is 5.69 Å². The predicted octanol–water partition coefficient (Wildman–Crippen LogP) is 2.51. The van der Waals surface area contributed by atoms with Crippen LogP contribution in [0.2, 0.25) is 0 Å². The van der Waals surface area contributed by atoms with E-state index in [0.29, 0.717) is 22.4 Å². The molecular weight excluding hydrogens is 271 g/mol. The van der Waals surface area contributed by atoms with Gasteiger partial charge in [-0.05, 0) is 36.2 Å². The minimum Gasteiger partial charge on any atom is -0.398 e. The summed E-state index contributed by atoms with van der Waals surface area (Å²) in [7, 11) is 0. The number of hydrogen-bond acceptors (Lipinski definition) is 3. The van der Waals surface area contributed by atoms with Crippen LogP contribution in [0.5, 0.6) is 0 Å². The van der Waals surface area contributed by atoms with Crippen molar-refractivity contribution < 1.29 is 14.0 Å². The average molecular weight is 284 g/mol. The van der Waals surface area contributed by atoms with E-state index in [1.165, 1.54) is 6.07 Å². The Morgan fingerprint density at radius 3 is 2.57 bits per heavy atom. The molecule has 1 heterocycles. The second kappa shape index (κ2) is 4.70. The molecule has 0 unspecified atom stereocenters. The van der Waals surface area contributed by atoms with E-state index in [2.05, 4.69) is 0 Å². The Labute approximate surface area is 121 Å². The molecule has 0 bridgehead atoms. The van der Waals surface area contributed by atoms with Crippen LogP contribution in [-0.2, 0) is 6.54 Å². The summed E-state index contributed by atoms with van der Waals surface area (Å²) in [6.07, 6.45) is 0. The molecule has 0 saturated carbocycles. The van der Waals surface area contributed by atoms with Gasteiger partial charge in [-0.25, -0.2) is 4.39 Å². The number of nitrogens with zero attached hydrogens (tertiary/aromatic N) is 1. The summed E-state index contributed by atoms with van der Waals surface area (Å²) in [4.78, 5) is 25.8. The molecule has 3 rings (SSSR count). The van der Waals surface area contributed by atoms with Crippen LogP contribution < -0.4 is 5.73 Å². The van der Waals surface area contributed by atoms with E-state index < -0.39 is 5.91 Å². The second-order valence-electron chi connectivity index (χ2n) is 5.05. The summed E-state index contributed by atoms with van der Waals surface area (Å²) in [5.74, 6) is -1.09. The summed E-state index contributed by atoms with van der Waals surface area (Å²) < 4.78 is 13.3. The molecule has 0 fully saturated rings. The third-order valence-electron chi connectivity index (χ3n) is 3.59. The minimum absolute atomic E-state index is 0.104. The number of rotatable bonds is 2. The highest BCUT2D eigenvalue weighted by Gasteiger charge is 2.36. The van der Waals surface area contributed by atoms with Crippen molar-refractivity contribution in [2.45, 2.75) is 13.5 Å². The van der Waals surface area contributed by atoms with Crippen molar-refractivity contribution in [2.24, 2.45) is 0 Å². The number of nitrogens with two attached hydrogens (primary N) is 1. The lowest BCUT2D eigenvalue weighted by molar-refractivity contribution is 0.0642. The Kier molecular flexibility index (Phi) is 2.97. The molecule has 0 atom stereocenters. The molecule has 0 radical (unpaired) electrons. The van der Waals surface area contributed by atoms with Crippen molar-refractivity contribution >= 4 is 17.5 Å². The highest BCUT2D eigenvalue weighted by atomic mass is 19.1. The van der Waals surface area contributed by atoms with Crippen LogP contribution in [-0.4, -0.2) is 16.7 Å². The van der Waals surface area contributed by atoms with Gasteiger partial charge < -0.3 is 5.73 Å². The van der Waals surface area contributed by atoms with Crippen molar-refractivity contribution in [3.63, 3.8) is 0 Å². The van der Waals surface area contributed by atoms with Crippen LogP contribution >= 0.6 is 0 Å². The van der Waals surface area contributed by atoms with Gasteiger partial charge in [-0.15, -0.1) is 0 Å². The molecule has 1 aliphatic rings. The van der Waals surface area contributed by atoms with E-state index >= 15 is 0 Å². The molecule has 21 heavy (non-hydrogen) atoms. The zero-order chi connectivity index (χ0) is 15.1. The van der Waals surface area contributed by atoms with E-state index in [0.717, 1.165) is 4.90 Å². The predicted molar refractivity (Wildman–Crippen MR) is 76.2 cm³/mol. The Morgan fingerprint density at radius 1 is 1.14 bits per heavy atom. The first-order chi connectivity index (χ1) is 9.99. The number of carbonyl (C=O) groups excluding carboxylic acids is 2. The average Bonchev–Trinajstić information content (AvgIpc) is 2.69. The summed E-state index contributed by atoms with van der Waals surface area (Å²) in [5, 5.41) is 0. The van der Waals surface area contributed by atoms with Crippen LogP contribution in [0.15, 0.2) is 36.4 Å². The zero-order valence-corrected chi connectivity index (χ0v) is 11.4. The summed E-state index contributed by atoms with van der Waals surface area (Å²) in [5.41, 5.74) is 7.81. The van der Waals surface area contributed by atoms with Gasteiger partial charge in [0.15, 0.2) is 0 Å². The van der Waals surface area contributed by atoms with Gasteiger partial charge in [-0.2, -0.15) is 0 Å². The fourth-order valence-electron chi connectivity index (χ4n) is 2.49. The number of halogens is 1. The lowest BCUT2D eigenvalue weighted by Gasteiger charge is -2.14. The summed E-state index contributed by atoms with van der Waals surface area (Å²) >= 11 is 0. The lowest BCUT2D eigenvalue weighted by Crippen LogP contribution is -2.29. The monoisotopic (exact) mass is 284 g/mol. The van der Waals surface area contributed by atoms with E-state index in [1.807, 2.05) is 0 Å². The van der Waals surface area contributed by atoms with E-state index in [4.69, 9.17) is 5.73 Å². The molecule has 4 nitrogen and oxygen atoms in total. The fraction of sp³-hybridized carbons (Fsp3) is 0.125. The standard InChI is InChI=1S/C16H13FN2O2/c1-9-7-10(5-6-12(9)17)8-19-15(20)11-3-2-4-13(18)14(11)16(19)21/h2-7H,8,18H2,1H3. The quantitative estimate of drug-likeness (QED) is 0.680. The fourth-order valence-corrected chi connectivity index (χ4v) is 2.49. The Morgan fingerprint density at radius 2 is 1.90 bits per heavy atom. The third kappa shape index (κ3) is 2.07. The van der Waals surface area contributed by atoms with Crippen LogP contribution in [0, 0.1) is 12.7 Å². The molecule has 1 aliphatic heterocycles. The number of carbonyl (C=O) groups is 2. The van der Waals surface area contributed by atoms with Gasteiger partial charge in [0.1, 0.15) is 5.82 Å². The molecule has 2 N–H and O–H groups in total. The maximum Gasteiger partial charge on any atom is 0.263 e. The smallest absolute Gasteiger partial charge is 0.263 e. The van der Waals surface area contributed by atoms with Crippen LogP contribution in [0.25, 0.3) is 0 Å². The number of hydrogen-bond donors (Lipinski definition) is 1. The largest absolute Gasteiger partial charge is 0.398 e. The molecular formula is C16H13FN2O2. The highest BCUT2D eigenvalue weighted by molar-refractivity contribution is 6.23. The number of anilines is 1. The second-order valence-corrected chi connectivity index (χ2v) is 5.05.